The molecule has 33 heavy (non-hydrogen) atoms. The summed E-state index contributed by atoms with van der Waals surface area (Å²) in [5.74, 6) is -2.16. The summed E-state index contributed by atoms with van der Waals surface area (Å²) < 4.78 is 51.8. The Morgan fingerprint density at radius 3 is 2.39 bits per heavy atom. The molecular weight excluding hydrogens is 449 g/mol. The largest absolute Gasteiger partial charge is 0.573 e. The number of hydrogen-bond acceptors (Lipinski definition) is 7. The number of esters is 1. The highest BCUT2D eigenvalue weighted by Gasteiger charge is 2.37. The lowest BCUT2D eigenvalue weighted by Crippen LogP contribution is -2.46. The van der Waals surface area contributed by atoms with Crippen LogP contribution in [0.15, 0.2) is 48.5 Å². The summed E-state index contributed by atoms with van der Waals surface area (Å²) in [7, 11) is 1.20. The number of hydrogen-bond donors (Lipinski definition) is 0. The monoisotopic (exact) mass is 468 g/mol. The maximum absolute atomic E-state index is 12.7. The average Bonchev–Trinajstić information content (AvgIpc) is 2.77. The third kappa shape index (κ3) is 6.34. The summed E-state index contributed by atoms with van der Waals surface area (Å²) in [6.45, 7) is 0.0442. The molecule has 0 spiro atoms. The SMILES string of the molecule is COC(=O)C1CC(c2cccc(OC(F)(F)F)c2)CN(C(=O)Oc2ccc([N+](=O)[O-])cc2)C1. The van der Waals surface area contributed by atoms with Crippen LogP contribution in [0, 0.1) is 16.0 Å². The molecule has 176 valence electrons. The maximum Gasteiger partial charge on any atom is 0.573 e. The molecule has 0 bridgehead atoms. The maximum atomic E-state index is 12.7. The number of amides is 1. The van der Waals surface area contributed by atoms with Crippen molar-refractivity contribution >= 4 is 17.7 Å². The van der Waals surface area contributed by atoms with Crippen LogP contribution in [-0.4, -0.2) is 48.4 Å². The van der Waals surface area contributed by atoms with Crippen LogP contribution in [0.3, 0.4) is 0 Å². The highest BCUT2D eigenvalue weighted by molar-refractivity contribution is 5.76. The van der Waals surface area contributed by atoms with Gasteiger partial charge in [0.15, 0.2) is 0 Å². The van der Waals surface area contributed by atoms with Gasteiger partial charge in [-0.05, 0) is 36.2 Å². The highest BCUT2D eigenvalue weighted by atomic mass is 19.4. The second-order valence-corrected chi connectivity index (χ2v) is 7.30. The predicted molar refractivity (Wildman–Crippen MR) is 107 cm³/mol. The van der Waals surface area contributed by atoms with Crippen molar-refractivity contribution in [3.05, 3.63) is 64.2 Å². The summed E-state index contributed by atoms with van der Waals surface area (Å²) in [6.07, 6.45) is -5.44. The van der Waals surface area contributed by atoms with Crippen LogP contribution >= 0.6 is 0 Å². The van der Waals surface area contributed by atoms with E-state index in [0.29, 0.717) is 5.56 Å². The topological polar surface area (TPSA) is 108 Å². The Morgan fingerprint density at radius 1 is 1.09 bits per heavy atom. The third-order valence-electron chi connectivity index (χ3n) is 5.06. The number of nitro groups is 1. The minimum atomic E-state index is -4.86. The Labute approximate surface area is 185 Å². The van der Waals surface area contributed by atoms with E-state index < -0.39 is 40.9 Å². The molecule has 2 unspecified atom stereocenters. The first-order chi connectivity index (χ1) is 15.6. The first-order valence-corrected chi connectivity index (χ1v) is 9.70. The van der Waals surface area contributed by atoms with Gasteiger partial charge in [0, 0.05) is 31.1 Å². The molecule has 0 radical (unpaired) electrons. The number of carbonyl (C=O) groups is 2. The number of alkyl halides is 3. The fraction of sp³-hybridized carbons (Fsp3) is 0.333. The van der Waals surface area contributed by atoms with Crippen LogP contribution in [-0.2, 0) is 9.53 Å². The van der Waals surface area contributed by atoms with Crippen molar-refractivity contribution in [2.45, 2.75) is 18.7 Å². The molecule has 0 N–H and O–H groups in total. The second kappa shape index (κ2) is 9.76. The van der Waals surface area contributed by atoms with Gasteiger partial charge in [-0.1, -0.05) is 12.1 Å². The zero-order valence-corrected chi connectivity index (χ0v) is 17.3. The van der Waals surface area contributed by atoms with E-state index in [1.165, 1.54) is 48.4 Å². The van der Waals surface area contributed by atoms with Crippen molar-refractivity contribution in [3.63, 3.8) is 0 Å². The van der Waals surface area contributed by atoms with E-state index in [-0.39, 0.29) is 30.9 Å². The minimum absolute atomic E-state index is 0.0201. The van der Waals surface area contributed by atoms with E-state index in [9.17, 15) is 32.9 Å². The highest BCUT2D eigenvalue weighted by Crippen LogP contribution is 2.34. The summed E-state index contributed by atoms with van der Waals surface area (Å²) in [5.41, 5.74) is 0.262. The molecule has 3 rings (SSSR count). The molecule has 9 nitrogen and oxygen atoms in total. The summed E-state index contributed by atoms with van der Waals surface area (Å²) in [5, 5.41) is 10.8. The molecule has 1 fully saturated rings. The van der Waals surface area contributed by atoms with E-state index >= 15 is 0 Å². The molecule has 0 saturated carbocycles. The Hall–Kier alpha value is -3.83. The van der Waals surface area contributed by atoms with Crippen molar-refractivity contribution in [3.8, 4) is 11.5 Å². The lowest BCUT2D eigenvalue weighted by molar-refractivity contribution is -0.384. The quantitative estimate of drug-likeness (QED) is 0.366. The van der Waals surface area contributed by atoms with E-state index in [4.69, 9.17) is 9.47 Å². The van der Waals surface area contributed by atoms with Gasteiger partial charge in [0.2, 0.25) is 0 Å². The molecule has 2 aromatic rings. The molecule has 1 aliphatic heterocycles. The van der Waals surface area contributed by atoms with Gasteiger partial charge in [0.1, 0.15) is 11.5 Å². The van der Waals surface area contributed by atoms with Crippen LogP contribution < -0.4 is 9.47 Å². The molecule has 2 aromatic carbocycles. The summed E-state index contributed by atoms with van der Waals surface area (Å²) in [6, 6.07) is 10.2. The van der Waals surface area contributed by atoms with Crippen LogP contribution in [0.4, 0.5) is 23.7 Å². The normalized spacial score (nSPS) is 18.4. The molecule has 1 aliphatic rings. The molecule has 1 amide bonds. The van der Waals surface area contributed by atoms with E-state index in [1.807, 2.05) is 0 Å². The molecular formula is C21H19F3N2O7. The third-order valence-corrected chi connectivity index (χ3v) is 5.06. The van der Waals surface area contributed by atoms with Gasteiger partial charge in [-0.2, -0.15) is 0 Å². The van der Waals surface area contributed by atoms with Gasteiger partial charge in [-0.3, -0.25) is 14.9 Å². The van der Waals surface area contributed by atoms with Crippen LogP contribution in [0.1, 0.15) is 17.9 Å². The van der Waals surface area contributed by atoms with Crippen LogP contribution in [0.5, 0.6) is 11.5 Å². The first-order valence-electron chi connectivity index (χ1n) is 9.70. The number of halogens is 3. The van der Waals surface area contributed by atoms with Gasteiger partial charge in [-0.15, -0.1) is 13.2 Å². The Bertz CT molecular complexity index is 1030. The van der Waals surface area contributed by atoms with Crippen LogP contribution in [0.2, 0.25) is 0 Å². The molecule has 2 atom stereocenters. The number of rotatable bonds is 5. The lowest BCUT2D eigenvalue weighted by Gasteiger charge is -2.36. The zero-order chi connectivity index (χ0) is 24.2. The molecule has 0 aliphatic carbocycles. The molecule has 1 heterocycles. The number of methoxy groups -OCH3 is 1. The molecule has 1 saturated heterocycles. The lowest BCUT2D eigenvalue weighted by atomic mass is 9.84. The number of carbonyl (C=O) groups excluding carboxylic acids is 2. The van der Waals surface area contributed by atoms with Gasteiger partial charge >= 0.3 is 18.4 Å². The summed E-state index contributed by atoms with van der Waals surface area (Å²) in [4.78, 5) is 36.3. The smallest absolute Gasteiger partial charge is 0.469 e. The Morgan fingerprint density at radius 2 is 1.79 bits per heavy atom. The summed E-state index contributed by atoms with van der Waals surface area (Å²) >= 11 is 0. The number of benzene rings is 2. The van der Waals surface area contributed by atoms with Crippen molar-refractivity contribution in [1.82, 2.24) is 4.90 Å². The standard InChI is InChI=1S/C21H19F3N2O7/c1-31-19(27)15-9-14(13-3-2-4-18(10-13)33-21(22,23)24)11-25(12-15)20(28)32-17-7-5-16(6-8-17)26(29)30/h2-8,10,14-15H,9,11-12H2,1H3. The van der Waals surface area contributed by atoms with E-state index in [0.717, 1.165) is 6.07 Å². The number of likely N-dealkylation sites (tertiary alicyclic amines) is 1. The van der Waals surface area contributed by atoms with Crippen molar-refractivity contribution in [2.75, 3.05) is 20.2 Å². The number of piperidine rings is 1. The Kier molecular flexibility index (Phi) is 7.04. The number of nitro benzene ring substituents is 1. The average molecular weight is 468 g/mol. The zero-order valence-electron chi connectivity index (χ0n) is 17.3. The van der Waals surface area contributed by atoms with Crippen LogP contribution in [0.25, 0.3) is 0 Å². The molecule has 12 heteroatoms. The fourth-order valence-corrected chi connectivity index (χ4v) is 3.59. The van der Waals surface area contributed by atoms with Gasteiger partial charge < -0.3 is 19.1 Å². The first kappa shape index (κ1) is 23.8. The van der Waals surface area contributed by atoms with E-state index in [1.54, 1.807) is 6.07 Å². The van der Waals surface area contributed by atoms with Gasteiger partial charge in [0.05, 0.1) is 18.0 Å². The van der Waals surface area contributed by atoms with Crippen molar-refractivity contribution < 1.29 is 41.9 Å². The van der Waals surface area contributed by atoms with E-state index in [2.05, 4.69) is 4.74 Å². The number of non-ortho nitro benzene ring substituents is 1. The molecule has 0 aromatic heterocycles. The predicted octanol–water partition coefficient (Wildman–Crippen LogP) is 4.27. The van der Waals surface area contributed by atoms with Gasteiger partial charge in [-0.25, -0.2) is 4.79 Å². The van der Waals surface area contributed by atoms with Crippen molar-refractivity contribution in [2.24, 2.45) is 5.92 Å². The Balaban J connectivity index is 1.79. The second-order valence-electron chi connectivity index (χ2n) is 7.30. The number of nitrogens with zero attached hydrogens (tertiary/aromatic N) is 2. The van der Waals surface area contributed by atoms with Crippen molar-refractivity contribution in [1.29, 1.82) is 0 Å². The number of ether oxygens (including phenoxy) is 3. The fourth-order valence-electron chi connectivity index (χ4n) is 3.59. The van der Waals surface area contributed by atoms with Gasteiger partial charge in [0.25, 0.3) is 5.69 Å². The minimum Gasteiger partial charge on any atom is -0.469 e.